The van der Waals surface area contributed by atoms with Crippen LogP contribution in [0.15, 0.2) is 30.3 Å². The summed E-state index contributed by atoms with van der Waals surface area (Å²) in [5.74, 6) is 0.610. The van der Waals surface area contributed by atoms with Gasteiger partial charge in [-0.25, -0.2) is 4.79 Å². The molecular formula is C17H25NO2. The fourth-order valence-corrected chi connectivity index (χ4v) is 2.84. The van der Waals surface area contributed by atoms with Gasteiger partial charge in [-0.1, -0.05) is 51.1 Å². The summed E-state index contributed by atoms with van der Waals surface area (Å²) in [5.41, 5.74) is 1.36. The van der Waals surface area contributed by atoms with Crippen molar-refractivity contribution in [3.05, 3.63) is 35.9 Å². The van der Waals surface area contributed by atoms with Gasteiger partial charge in [-0.05, 0) is 29.7 Å². The topological polar surface area (TPSA) is 29.5 Å². The van der Waals surface area contributed by atoms with Gasteiger partial charge in [-0.2, -0.15) is 0 Å². The smallest absolute Gasteiger partial charge is 0.410 e. The van der Waals surface area contributed by atoms with Gasteiger partial charge in [-0.15, -0.1) is 0 Å². The van der Waals surface area contributed by atoms with E-state index >= 15 is 0 Å². The van der Waals surface area contributed by atoms with Gasteiger partial charge in [-0.3, -0.25) is 0 Å². The lowest BCUT2D eigenvalue weighted by atomic mass is 9.84. The van der Waals surface area contributed by atoms with Crippen molar-refractivity contribution in [1.29, 1.82) is 0 Å². The van der Waals surface area contributed by atoms with Crippen molar-refractivity contribution in [2.45, 2.75) is 40.2 Å². The average Bonchev–Trinajstić information content (AvgIpc) is 2.83. The molecule has 20 heavy (non-hydrogen) atoms. The number of benzene rings is 1. The molecule has 0 radical (unpaired) electrons. The van der Waals surface area contributed by atoms with Crippen molar-refractivity contribution in [2.24, 2.45) is 11.3 Å². The van der Waals surface area contributed by atoms with E-state index < -0.39 is 0 Å². The molecule has 0 saturated carbocycles. The first-order valence-corrected chi connectivity index (χ1v) is 7.40. The molecule has 1 saturated heterocycles. The predicted molar refractivity (Wildman–Crippen MR) is 80.4 cm³/mol. The first-order valence-electron chi connectivity index (χ1n) is 7.40. The zero-order valence-electron chi connectivity index (χ0n) is 12.8. The Morgan fingerprint density at radius 2 is 2.00 bits per heavy atom. The van der Waals surface area contributed by atoms with E-state index in [9.17, 15) is 4.79 Å². The van der Waals surface area contributed by atoms with E-state index in [0.29, 0.717) is 17.9 Å². The molecule has 0 bridgehead atoms. The Morgan fingerprint density at radius 3 is 2.65 bits per heavy atom. The molecule has 2 rings (SSSR count). The Morgan fingerprint density at radius 1 is 1.30 bits per heavy atom. The Bertz CT molecular complexity index is 436. The summed E-state index contributed by atoms with van der Waals surface area (Å²) in [6, 6.07) is 9.82. The third kappa shape index (κ3) is 4.55. The third-order valence-electron chi connectivity index (χ3n) is 3.65. The Kier molecular flexibility index (Phi) is 4.69. The zero-order valence-corrected chi connectivity index (χ0v) is 12.8. The molecule has 1 unspecified atom stereocenters. The van der Waals surface area contributed by atoms with Crippen LogP contribution >= 0.6 is 0 Å². The van der Waals surface area contributed by atoms with E-state index in [0.717, 1.165) is 31.5 Å². The van der Waals surface area contributed by atoms with E-state index in [1.807, 2.05) is 35.2 Å². The minimum absolute atomic E-state index is 0.176. The summed E-state index contributed by atoms with van der Waals surface area (Å²) < 4.78 is 5.38. The summed E-state index contributed by atoms with van der Waals surface area (Å²) in [4.78, 5) is 13.9. The molecule has 110 valence electrons. The largest absolute Gasteiger partial charge is 0.445 e. The molecule has 0 aromatic heterocycles. The van der Waals surface area contributed by atoms with Crippen molar-refractivity contribution >= 4 is 6.09 Å². The maximum atomic E-state index is 12.0. The normalized spacial score (nSPS) is 19.1. The third-order valence-corrected chi connectivity index (χ3v) is 3.65. The van der Waals surface area contributed by atoms with Crippen LogP contribution in [0.3, 0.4) is 0 Å². The van der Waals surface area contributed by atoms with E-state index in [-0.39, 0.29) is 6.09 Å². The highest BCUT2D eigenvalue weighted by Crippen LogP contribution is 2.30. The van der Waals surface area contributed by atoms with Crippen molar-refractivity contribution in [1.82, 2.24) is 4.90 Å². The summed E-state index contributed by atoms with van der Waals surface area (Å²) in [6.45, 7) is 8.79. The molecule has 1 aromatic rings. The number of hydrogen-bond donors (Lipinski definition) is 0. The first kappa shape index (κ1) is 14.9. The van der Waals surface area contributed by atoms with Crippen LogP contribution in [-0.2, 0) is 11.3 Å². The van der Waals surface area contributed by atoms with Crippen LogP contribution < -0.4 is 0 Å². The number of hydrogen-bond acceptors (Lipinski definition) is 2. The molecule has 1 aliphatic heterocycles. The highest BCUT2D eigenvalue weighted by Gasteiger charge is 2.29. The maximum Gasteiger partial charge on any atom is 0.410 e. The Labute approximate surface area is 121 Å². The number of amides is 1. The molecule has 1 aromatic carbocycles. The van der Waals surface area contributed by atoms with Crippen molar-refractivity contribution in [2.75, 3.05) is 13.1 Å². The molecule has 1 heterocycles. The number of nitrogens with zero attached hydrogens (tertiary/aromatic N) is 1. The fraction of sp³-hybridized carbons (Fsp3) is 0.588. The van der Waals surface area contributed by atoms with Crippen molar-refractivity contribution < 1.29 is 9.53 Å². The molecule has 0 N–H and O–H groups in total. The summed E-state index contributed by atoms with van der Waals surface area (Å²) in [7, 11) is 0. The van der Waals surface area contributed by atoms with Crippen LogP contribution in [0.2, 0.25) is 0 Å². The fourth-order valence-electron chi connectivity index (χ4n) is 2.84. The highest BCUT2D eigenvalue weighted by atomic mass is 16.6. The minimum atomic E-state index is -0.176. The molecule has 1 atom stereocenters. The number of carbonyl (C=O) groups is 1. The molecular weight excluding hydrogens is 250 g/mol. The second kappa shape index (κ2) is 6.29. The van der Waals surface area contributed by atoms with Gasteiger partial charge in [0.05, 0.1) is 0 Å². The van der Waals surface area contributed by atoms with E-state index in [1.165, 1.54) is 0 Å². The first-order chi connectivity index (χ1) is 9.44. The highest BCUT2D eigenvalue weighted by molar-refractivity contribution is 5.68. The molecule has 3 heteroatoms. The van der Waals surface area contributed by atoms with Crippen LogP contribution in [0, 0.1) is 11.3 Å². The standard InChI is InChI=1S/C17H25NO2/c1-17(2,3)11-15-9-10-18(12-15)16(19)20-13-14-7-5-4-6-8-14/h4-8,15H,9-13H2,1-3H3. The lowest BCUT2D eigenvalue weighted by Gasteiger charge is -2.23. The average molecular weight is 275 g/mol. The molecule has 3 nitrogen and oxygen atoms in total. The van der Waals surface area contributed by atoms with Crippen molar-refractivity contribution in [3.8, 4) is 0 Å². The molecule has 0 spiro atoms. The number of ether oxygens (including phenoxy) is 1. The monoisotopic (exact) mass is 275 g/mol. The lowest BCUT2D eigenvalue weighted by molar-refractivity contribution is 0.102. The summed E-state index contributed by atoms with van der Waals surface area (Å²) in [5, 5.41) is 0. The SMILES string of the molecule is CC(C)(C)CC1CCN(C(=O)OCc2ccccc2)C1. The molecule has 1 fully saturated rings. The van der Waals surface area contributed by atoms with Gasteiger partial charge < -0.3 is 9.64 Å². The van der Waals surface area contributed by atoms with E-state index in [2.05, 4.69) is 20.8 Å². The Balaban J connectivity index is 1.77. The van der Waals surface area contributed by atoms with Gasteiger partial charge in [0.15, 0.2) is 0 Å². The van der Waals surface area contributed by atoms with Gasteiger partial charge in [0.1, 0.15) is 6.61 Å². The summed E-state index contributed by atoms with van der Waals surface area (Å²) in [6.07, 6.45) is 2.08. The maximum absolute atomic E-state index is 12.0. The van der Waals surface area contributed by atoms with Crippen LogP contribution in [0.1, 0.15) is 39.2 Å². The predicted octanol–water partition coefficient (Wildman–Crippen LogP) is 4.08. The number of likely N-dealkylation sites (tertiary alicyclic amines) is 1. The van der Waals surface area contributed by atoms with Crippen LogP contribution in [0.25, 0.3) is 0 Å². The quantitative estimate of drug-likeness (QED) is 0.831. The van der Waals surface area contributed by atoms with E-state index in [1.54, 1.807) is 0 Å². The zero-order chi connectivity index (χ0) is 14.6. The molecule has 1 amide bonds. The van der Waals surface area contributed by atoms with Gasteiger partial charge >= 0.3 is 6.09 Å². The van der Waals surface area contributed by atoms with E-state index in [4.69, 9.17) is 4.74 Å². The minimum Gasteiger partial charge on any atom is -0.445 e. The lowest BCUT2D eigenvalue weighted by Crippen LogP contribution is -2.29. The van der Waals surface area contributed by atoms with Crippen LogP contribution in [-0.4, -0.2) is 24.1 Å². The Hall–Kier alpha value is -1.51. The van der Waals surface area contributed by atoms with Gasteiger partial charge in [0.2, 0.25) is 0 Å². The van der Waals surface area contributed by atoms with Gasteiger partial charge in [0.25, 0.3) is 0 Å². The summed E-state index contributed by atoms with van der Waals surface area (Å²) >= 11 is 0. The van der Waals surface area contributed by atoms with Gasteiger partial charge in [0, 0.05) is 13.1 Å². The second-order valence-corrected chi connectivity index (χ2v) is 6.91. The second-order valence-electron chi connectivity index (χ2n) is 6.91. The van der Waals surface area contributed by atoms with Crippen LogP contribution in [0.5, 0.6) is 0 Å². The molecule has 1 aliphatic rings. The van der Waals surface area contributed by atoms with Crippen molar-refractivity contribution in [3.63, 3.8) is 0 Å². The number of carbonyl (C=O) groups excluding carboxylic acids is 1. The number of rotatable bonds is 3. The molecule has 0 aliphatic carbocycles. The van der Waals surface area contributed by atoms with Crippen LogP contribution in [0.4, 0.5) is 4.79 Å².